The van der Waals surface area contributed by atoms with Gasteiger partial charge in [0, 0.05) is 13.0 Å². The Balaban J connectivity index is 2.54. The molecule has 0 aromatic rings. The molecule has 1 rings (SSSR count). The van der Waals surface area contributed by atoms with E-state index in [1.54, 1.807) is 12.2 Å². The summed E-state index contributed by atoms with van der Waals surface area (Å²) in [6, 6.07) is 0. The molecule has 1 fully saturated rings. The molecule has 0 aromatic carbocycles. The smallest absolute Gasteiger partial charge is 0.412 e. The lowest BCUT2D eigenvalue weighted by atomic mass is 10.3. The summed E-state index contributed by atoms with van der Waals surface area (Å²) in [5, 5.41) is 2.53. The molecule has 1 aliphatic rings. The number of allylic oxidation sites excluding steroid dienone is 2. The van der Waals surface area contributed by atoms with Crippen molar-refractivity contribution < 1.29 is 9.53 Å². The van der Waals surface area contributed by atoms with E-state index in [2.05, 4.69) is 11.9 Å². The molecular formula is C7H9NO2. The summed E-state index contributed by atoms with van der Waals surface area (Å²) in [6.07, 6.45) is 3.67. The van der Waals surface area contributed by atoms with Gasteiger partial charge in [-0.15, -0.1) is 0 Å². The predicted octanol–water partition coefficient (Wildman–Crippen LogP) is 1.19. The van der Waals surface area contributed by atoms with Crippen molar-refractivity contribution in [3.05, 3.63) is 24.5 Å². The first kappa shape index (κ1) is 6.86. The van der Waals surface area contributed by atoms with E-state index in [1.165, 1.54) is 0 Å². The van der Waals surface area contributed by atoms with Gasteiger partial charge in [0.15, 0.2) is 0 Å². The van der Waals surface area contributed by atoms with E-state index in [9.17, 15) is 4.79 Å². The Morgan fingerprint density at radius 3 is 3.10 bits per heavy atom. The third-order valence-electron chi connectivity index (χ3n) is 1.17. The van der Waals surface area contributed by atoms with Crippen molar-refractivity contribution in [3.63, 3.8) is 0 Å². The number of nitrogens with one attached hydrogen (secondary N) is 1. The molecule has 0 spiro atoms. The monoisotopic (exact) mass is 139 g/mol. The van der Waals surface area contributed by atoms with Crippen LogP contribution in [0.1, 0.15) is 6.42 Å². The van der Waals surface area contributed by atoms with E-state index in [0.29, 0.717) is 12.3 Å². The van der Waals surface area contributed by atoms with Gasteiger partial charge < -0.3 is 10.1 Å². The van der Waals surface area contributed by atoms with Crippen molar-refractivity contribution in [3.8, 4) is 0 Å². The Bertz CT molecular complexity index is 184. The fourth-order valence-electron chi connectivity index (χ4n) is 0.743. The van der Waals surface area contributed by atoms with Gasteiger partial charge >= 0.3 is 6.09 Å². The minimum atomic E-state index is -0.376. The molecule has 1 N–H and O–H groups in total. The van der Waals surface area contributed by atoms with E-state index < -0.39 is 0 Å². The van der Waals surface area contributed by atoms with Crippen LogP contribution in [0.2, 0.25) is 0 Å². The molecule has 1 heterocycles. The minimum Gasteiger partial charge on any atom is -0.415 e. The van der Waals surface area contributed by atoms with Gasteiger partial charge in [0.25, 0.3) is 0 Å². The lowest BCUT2D eigenvalue weighted by molar-refractivity contribution is 0.162. The van der Waals surface area contributed by atoms with Crippen LogP contribution in [0.3, 0.4) is 0 Å². The summed E-state index contributed by atoms with van der Waals surface area (Å²) in [5.41, 5.74) is 0. The van der Waals surface area contributed by atoms with E-state index >= 15 is 0 Å². The number of rotatable bonds is 1. The van der Waals surface area contributed by atoms with Gasteiger partial charge in [0.2, 0.25) is 0 Å². The number of hydrogen-bond donors (Lipinski definition) is 1. The van der Waals surface area contributed by atoms with E-state index in [-0.39, 0.29) is 6.09 Å². The van der Waals surface area contributed by atoms with Crippen LogP contribution in [0.25, 0.3) is 0 Å². The van der Waals surface area contributed by atoms with Crippen LogP contribution < -0.4 is 5.32 Å². The maximum Gasteiger partial charge on any atom is 0.412 e. The second-order valence-electron chi connectivity index (χ2n) is 1.93. The average molecular weight is 139 g/mol. The lowest BCUT2D eigenvalue weighted by Gasteiger charge is -2.14. The molecule has 54 valence electrons. The minimum absolute atomic E-state index is 0.376. The lowest BCUT2D eigenvalue weighted by Crippen LogP contribution is -2.30. The first-order valence-electron chi connectivity index (χ1n) is 3.10. The van der Waals surface area contributed by atoms with Gasteiger partial charge in [-0.3, -0.25) is 0 Å². The number of amides is 1. The third-order valence-corrected chi connectivity index (χ3v) is 1.17. The molecule has 0 aromatic heterocycles. The van der Waals surface area contributed by atoms with E-state index in [0.717, 1.165) is 6.42 Å². The fourth-order valence-corrected chi connectivity index (χ4v) is 0.743. The normalized spacial score (nSPS) is 21.6. The molecule has 0 saturated carbocycles. The number of alkyl carbamates (subject to hydrolysis) is 1. The summed E-state index contributed by atoms with van der Waals surface area (Å²) in [4.78, 5) is 10.5. The highest BCUT2D eigenvalue weighted by Crippen LogP contribution is 2.07. The Morgan fingerprint density at radius 2 is 2.50 bits per heavy atom. The summed E-state index contributed by atoms with van der Waals surface area (Å²) < 4.78 is 4.77. The highest BCUT2D eigenvalue weighted by atomic mass is 16.6. The van der Waals surface area contributed by atoms with Gasteiger partial charge in [-0.2, -0.15) is 0 Å². The third kappa shape index (κ3) is 1.62. The van der Waals surface area contributed by atoms with Crippen molar-refractivity contribution in [2.75, 3.05) is 6.54 Å². The molecule has 0 aliphatic carbocycles. The molecule has 0 radical (unpaired) electrons. The molecule has 3 heteroatoms. The molecule has 1 saturated heterocycles. The molecule has 0 unspecified atom stereocenters. The van der Waals surface area contributed by atoms with Gasteiger partial charge in [-0.1, -0.05) is 12.7 Å². The van der Waals surface area contributed by atoms with E-state index in [1.807, 2.05) is 0 Å². The van der Waals surface area contributed by atoms with Gasteiger partial charge in [-0.25, -0.2) is 4.79 Å². The zero-order valence-electron chi connectivity index (χ0n) is 5.59. The van der Waals surface area contributed by atoms with Crippen LogP contribution in [-0.4, -0.2) is 12.6 Å². The van der Waals surface area contributed by atoms with Crippen LogP contribution >= 0.6 is 0 Å². The Hall–Kier alpha value is -1.25. The van der Waals surface area contributed by atoms with Crippen molar-refractivity contribution in [2.45, 2.75) is 6.42 Å². The zero-order chi connectivity index (χ0) is 7.40. The molecule has 0 atom stereocenters. The first-order valence-corrected chi connectivity index (χ1v) is 3.10. The van der Waals surface area contributed by atoms with Crippen molar-refractivity contribution in [1.29, 1.82) is 0 Å². The van der Waals surface area contributed by atoms with Crippen LogP contribution in [-0.2, 0) is 4.74 Å². The number of carbonyl (C=O) groups is 1. The Morgan fingerprint density at radius 1 is 1.70 bits per heavy atom. The maximum atomic E-state index is 10.5. The number of carbonyl (C=O) groups excluding carboxylic acids is 1. The number of ether oxygens (including phenoxy) is 1. The Kier molecular flexibility index (Phi) is 2.10. The van der Waals surface area contributed by atoms with Gasteiger partial charge in [0.1, 0.15) is 5.76 Å². The Labute approximate surface area is 59.4 Å². The van der Waals surface area contributed by atoms with Crippen LogP contribution in [0.4, 0.5) is 4.79 Å². The summed E-state index contributed by atoms with van der Waals surface area (Å²) in [6.45, 7) is 4.14. The largest absolute Gasteiger partial charge is 0.415 e. The molecule has 1 aliphatic heterocycles. The summed E-state index contributed by atoms with van der Waals surface area (Å²) in [5.74, 6) is 0.679. The van der Waals surface area contributed by atoms with Gasteiger partial charge in [0.05, 0.1) is 0 Å². The van der Waals surface area contributed by atoms with Gasteiger partial charge in [-0.05, 0) is 6.08 Å². The van der Waals surface area contributed by atoms with Crippen LogP contribution in [0.5, 0.6) is 0 Å². The van der Waals surface area contributed by atoms with Crippen molar-refractivity contribution >= 4 is 6.09 Å². The SMILES string of the molecule is C=C/C=C1\CCNC(=O)O1. The highest BCUT2D eigenvalue weighted by molar-refractivity contribution is 5.69. The first-order chi connectivity index (χ1) is 4.83. The quantitative estimate of drug-likeness (QED) is 0.592. The summed E-state index contributed by atoms with van der Waals surface area (Å²) in [7, 11) is 0. The molecule has 10 heavy (non-hydrogen) atoms. The highest BCUT2D eigenvalue weighted by Gasteiger charge is 2.11. The van der Waals surface area contributed by atoms with Crippen LogP contribution in [0, 0.1) is 0 Å². The molecular weight excluding hydrogens is 130 g/mol. The van der Waals surface area contributed by atoms with Crippen LogP contribution in [0.15, 0.2) is 24.5 Å². The van der Waals surface area contributed by atoms with Crippen molar-refractivity contribution in [2.24, 2.45) is 0 Å². The zero-order valence-corrected chi connectivity index (χ0v) is 5.59. The number of cyclic esters (lactones) is 1. The summed E-state index contributed by atoms with van der Waals surface area (Å²) >= 11 is 0. The predicted molar refractivity (Wildman–Crippen MR) is 37.4 cm³/mol. The number of hydrogen-bond acceptors (Lipinski definition) is 2. The molecule has 0 bridgehead atoms. The average Bonchev–Trinajstić information content (AvgIpc) is 1.88. The van der Waals surface area contributed by atoms with E-state index in [4.69, 9.17) is 4.74 Å². The standard InChI is InChI=1S/C7H9NO2/c1-2-3-6-4-5-8-7(9)10-6/h2-3H,1,4-5H2,(H,8,9)/b6-3+. The van der Waals surface area contributed by atoms with Crippen molar-refractivity contribution in [1.82, 2.24) is 5.32 Å². The molecule has 1 amide bonds. The topological polar surface area (TPSA) is 38.3 Å². The maximum absolute atomic E-state index is 10.5. The second-order valence-corrected chi connectivity index (χ2v) is 1.93. The second kappa shape index (κ2) is 3.06. The molecule has 3 nitrogen and oxygen atoms in total. The fraction of sp³-hybridized carbons (Fsp3) is 0.286.